The molecule has 1 atom stereocenters. The Hall–Kier alpha value is -1.10. The molecule has 0 aliphatic heterocycles. The van der Waals surface area contributed by atoms with Crippen molar-refractivity contribution >= 4 is 24.0 Å². The predicted molar refractivity (Wildman–Crippen MR) is 96.8 cm³/mol. The van der Waals surface area contributed by atoms with Crippen molar-refractivity contribution in [2.75, 3.05) is 5.32 Å². The van der Waals surface area contributed by atoms with Gasteiger partial charge in [-0.25, -0.2) is 0 Å². The molecular formula is C18H29ClN2O2. The van der Waals surface area contributed by atoms with Gasteiger partial charge in [-0.1, -0.05) is 38.8 Å². The Labute approximate surface area is 145 Å². The minimum Gasteiger partial charge on any atom is -0.374 e. The van der Waals surface area contributed by atoms with Crippen LogP contribution in [-0.4, -0.2) is 18.1 Å². The van der Waals surface area contributed by atoms with Crippen LogP contribution in [0.2, 0.25) is 0 Å². The summed E-state index contributed by atoms with van der Waals surface area (Å²) >= 11 is 0. The molecule has 0 saturated heterocycles. The number of benzene rings is 1. The second-order valence-electron chi connectivity index (χ2n) is 6.64. The topological polar surface area (TPSA) is 64.4 Å². The molecule has 4 nitrogen and oxygen atoms in total. The zero-order chi connectivity index (χ0) is 15.9. The maximum Gasteiger partial charge on any atom is 0.241 e. The second-order valence-corrected chi connectivity index (χ2v) is 6.64. The van der Waals surface area contributed by atoms with Gasteiger partial charge in [-0.15, -0.1) is 12.4 Å². The van der Waals surface area contributed by atoms with Gasteiger partial charge >= 0.3 is 0 Å². The zero-order valence-electron chi connectivity index (χ0n) is 14.1. The minimum absolute atomic E-state index is 0. The minimum atomic E-state index is -0.453. The van der Waals surface area contributed by atoms with Crippen molar-refractivity contribution < 1.29 is 9.53 Å². The van der Waals surface area contributed by atoms with Crippen LogP contribution in [0.5, 0.6) is 0 Å². The maximum absolute atomic E-state index is 12.0. The van der Waals surface area contributed by atoms with E-state index in [0.29, 0.717) is 25.0 Å². The zero-order valence-corrected chi connectivity index (χ0v) is 14.9. The highest BCUT2D eigenvalue weighted by Crippen LogP contribution is 2.22. The molecule has 0 spiro atoms. The summed E-state index contributed by atoms with van der Waals surface area (Å²) < 4.78 is 5.88. The Morgan fingerprint density at radius 1 is 1.26 bits per heavy atom. The molecule has 0 unspecified atom stereocenters. The number of halogens is 1. The molecule has 1 fully saturated rings. The van der Waals surface area contributed by atoms with Gasteiger partial charge in [0.15, 0.2) is 0 Å². The summed E-state index contributed by atoms with van der Waals surface area (Å²) in [5, 5.41) is 2.87. The van der Waals surface area contributed by atoms with Crippen LogP contribution in [-0.2, 0) is 16.1 Å². The van der Waals surface area contributed by atoms with Crippen LogP contribution >= 0.6 is 12.4 Å². The molecule has 23 heavy (non-hydrogen) atoms. The fourth-order valence-electron chi connectivity index (χ4n) is 2.80. The lowest BCUT2D eigenvalue weighted by Gasteiger charge is -2.15. The van der Waals surface area contributed by atoms with Crippen LogP contribution in [0.1, 0.15) is 51.5 Å². The molecule has 1 aliphatic carbocycles. The molecule has 1 aliphatic rings. The molecular weight excluding hydrogens is 312 g/mol. The van der Waals surface area contributed by atoms with Gasteiger partial charge in [0.2, 0.25) is 5.91 Å². The van der Waals surface area contributed by atoms with Crippen LogP contribution in [0.3, 0.4) is 0 Å². The first-order chi connectivity index (χ1) is 10.5. The van der Waals surface area contributed by atoms with E-state index in [9.17, 15) is 4.79 Å². The molecule has 2 rings (SSSR count). The van der Waals surface area contributed by atoms with Gasteiger partial charge in [0, 0.05) is 5.69 Å². The van der Waals surface area contributed by atoms with E-state index in [2.05, 4.69) is 19.2 Å². The molecule has 0 heterocycles. The van der Waals surface area contributed by atoms with E-state index in [1.54, 1.807) is 0 Å². The molecule has 1 aromatic carbocycles. The molecule has 0 radical (unpaired) electrons. The van der Waals surface area contributed by atoms with Gasteiger partial charge in [-0.05, 0) is 42.9 Å². The molecule has 1 saturated carbocycles. The summed E-state index contributed by atoms with van der Waals surface area (Å²) in [6.45, 7) is 4.77. The molecule has 3 N–H and O–H groups in total. The number of anilines is 1. The maximum atomic E-state index is 12.0. The predicted octanol–water partition coefficient (Wildman–Crippen LogP) is 3.88. The summed E-state index contributed by atoms with van der Waals surface area (Å²) in [4.78, 5) is 12.0. The Kier molecular flexibility index (Phi) is 8.59. The number of amides is 1. The van der Waals surface area contributed by atoms with Gasteiger partial charge in [0.05, 0.1) is 18.8 Å². The van der Waals surface area contributed by atoms with Crippen molar-refractivity contribution in [3.8, 4) is 0 Å². The third-order valence-electron chi connectivity index (χ3n) is 4.07. The average molecular weight is 341 g/mol. The number of nitrogens with one attached hydrogen (secondary N) is 1. The highest BCUT2D eigenvalue weighted by atomic mass is 35.5. The standard InChI is InChI=1S/C18H28N2O2.ClH/c1-13(2)11-17(19)18(21)20-15-9-7-14(8-10-15)12-22-16-5-3-4-6-16;/h7-10,13,16-17H,3-6,11-12,19H2,1-2H3,(H,20,21);1H/t17-;/m0./s1. The SMILES string of the molecule is CC(C)C[C@H](N)C(=O)Nc1ccc(COC2CCCC2)cc1.Cl. The molecule has 5 heteroatoms. The van der Waals surface area contributed by atoms with Crippen molar-refractivity contribution in [1.29, 1.82) is 0 Å². The molecule has 1 aromatic rings. The van der Waals surface area contributed by atoms with E-state index in [4.69, 9.17) is 10.5 Å². The lowest BCUT2D eigenvalue weighted by molar-refractivity contribution is -0.117. The van der Waals surface area contributed by atoms with Crippen LogP contribution in [0.15, 0.2) is 24.3 Å². The first kappa shape index (κ1) is 19.9. The third-order valence-corrected chi connectivity index (χ3v) is 4.07. The van der Waals surface area contributed by atoms with E-state index >= 15 is 0 Å². The van der Waals surface area contributed by atoms with Gasteiger partial charge in [0.25, 0.3) is 0 Å². The van der Waals surface area contributed by atoms with E-state index in [0.717, 1.165) is 11.3 Å². The quantitative estimate of drug-likeness (QED) is 0.791. The monoisotopic (exact) mass is 340 g/mol. The summed E-state index contributed by atoms with van der Waals surface area (Å²) in [5.74, 6) is 0.291. The molecule has 130 valence electrons. The smallest absolute Gasteiger partial charge is 0.241 e. The Morgan fingerprint density at radius 3 is 2.43 bits per heavy atom. The number of hydrogen-bond acceptors (Lipinski definition) is 3. The first-order valence-corrected chi connectivity index (χ1v) is 8.31. The van der Waals surface area contributed by atoms with E-state index in [-0.39, 0.29) is 18.3 Å². The van der Waals surface area contributed by atoms with E-state index < -0.39 is 6.04 Å². The van der Waals surface area contributed by atoms with Gasteiger partial charge < -0.3 is 15.8 Å². The van der Waals surface area contributed by atoms with E-state index in [1.807, 2.05) is 24.3 Å². The molecule has 0 bridgehead atoms. The Balaban J connectivity index is 0.00000264. The van der Waals surface area contributed by atoms with Crippen molar-refractivity contribution in [3.05, 3.63) is 29.8 Å². The summed E-state index contributed by atoms with van der Waals surface area (Å²) in [6, 6.07) is 7.36. The van der Waals surface area contributed by atoms with Gasteiger partial charge in [-0.2, -0.15) is 0 Å². The second kappa shape index (κ2) is 9.91. The van der Waals surface area contributed by atoms with Crippen LogP contribution in [0.4, 0.5) is 5.69 Å². The fraction of sp³-hybridized carbons (Fsp3) is 0.611. The number of nitrogens with two attached hydrogens (primary N) is 1. The van der Waals surface area contributed by atoms with Crippen molar-refractivity contribution in [2.45, 2.75) is 64.7 Å². The summed E-state index contributed by atoms with van der Waals surface area (Å²) in [7, 11) is 0. The number of carbonyl (C=O) groups excluding carboxylic acids is 1. The van der Waals surface area contributed by atoms with Crippen molar-refractivity contribution in [1.82, 2.24) is 0 Å². The lowest BCUT2D eigenvalue weighted by atomic mass is 10.0. The molecule has 1 amide bonds. The Morgan fingerprint density at radius 2 is 1.87 bits per heavy atom. The van der Waals surface area contributed by atoms with Gasteiger partial charge in [-0.3, -0.25) is 4.79 Å². The van der Waals surface area contributed by atoms with Crippen LogP contribution in [0, 0.1) is 5.92 Å². The van der Waals surface area contributed by atoms with Crippen LogP contribution < -0.4 is 11.1 Å². The largest absolute Gasteiger partial charge is 0.374 e. The van der Waals surface area contributed by atoms with Crippen LogP contribution in [0.25, 0.3) is 0 Å². The fourth-order valence-corrected chi connectivity index (χ4v) is 2.80. The first-order valence-electron chi connectivity index (χ1n) is 8.31. The van der Waals surface area contributed by atoms with Gasteiger partial charge in [0.1, 0.15) is 0 Å². The number of ether oxygens (including phenoxy) is 1. The van der Waals surface area contributed by atoms with E-state index in [1.165, 1.54) is 25.7 Å². The normalized spacial score (nSPS) is 16.2. The third kappa shape index (κ3) is 6.90. The van der Waals surface area contributed by atoms with Crippen molar-refractivity contribution in [2.24, 2.45) is 11.7 Å². The lowest BCUT2D eigenvalue weighted by Crippen LogP contribution is -2.36. The summed E-state index contributed by atoms with van der Waals surface area (Å²) in [5.41, 5.74) is 7.80. The average Bonchev–Trinajstić information content (AvgIpc) is 2.99. The molecule has 0 aromatic heterocycles. The number of rotatable bonds is 7. The highest BCUT2D eigenvalue weighted by molar-refractivity contribution is 5.94. The number of hydrogen-bond donors (Lipinski definition) is 2. The highest BCUT2D eigenvalue weighted by Gasteiger charge is 2.16. The number of carbonyl (C=O) groups is 1. The Bertz CT molecular complexity index is 470. The summed E-state index contributed by atoms with van der Waals surface area (Å²) in [6.07, 6.45) is 6.05. The van der Waals surface area contributed by atoms with Crippen molar-refractivity contribution in [3.63, 3.8) is 0 Å².